The van der Waals surface area contributed by atoms with Crippen molar-refractivity contribution in [3.63, 3.8) is 0 Å². The predicted octanol–water partition coefficient (Wildman–Crippen LogP) is 4.25. The number of hydrogen-bond acceptors (Lipinski definition) is 4. The maximum absolute atomic E-state index is 12.5. The Morgan fingerprint density at radius 2 is 2.00 bits per heavy atom. The summed E-state index contributed by atoms with van der Waals surface area (Å²) in [6.45, 7) is 0. The lowest BCUT2D eigenvalue weighted by molar-refractivity contribution is 0.102. The summed E-state index contributed by atoms with van der Waals surface area (Å²) in [6, 6.07) is 15.9. The quantitative estimate of drug-likeness (QED) is 0.687. The first-order valence-corrected chi connectivity index (χ1v) is 7.91. The molecule has 1 amide bonds. The summed E-state index contributed by atoms with van der Waals surface area (Å²) >= 11 is 6.28. The van der Waals surface area contributed by atoms with E-state index >= 15 is 0 Å². The van der Waals surface area contributed by atoms with Crippen molar-refractivity contribution in [3.8, 4) is 17.0 Å². The number of benzene rings is 2. The van der Waals surface area contributed by atoms with Crippen molar-refractivity contribution in [2.45, 2.75) is 0 Å². The summed E-state index contributed by atoms with van der Waals surface area (Å²) < 4.78 is 5.00. The predicted molar refractivity (Wildman–Crippen MR) is 100 cm³/mol. The molecule has 0 saturated heterocycles. The van der Waals surface area contributed by atoms with E-state index in [1.165, 1.54) is 13.3 Å². The van der Waals surface area contributed by atoms with E-state index in [1.807, 2.05) is 18.2 Å². The molecule has 126 valence electrons. The molecule has 0 aliphatic carbocycles. The first-order valence-electron chi connectivity index (χ1n) is 7.53. The fourth-order valence-corrected chi connectivity index (χ4v) is 2.60. The third kappa shape index (κ3) is 3.89. The van der Waals surface area contributed by atoms with Crippen LogP contribution in [-0.2, 0) is 0 Å². The zero-order valence-electron chi connectivity index (χ0n) is 13.5. The van der Waals surface area contributed by atoms with Crippen molar-refractivity contribution in [2.24, 2.45) is 0 Å². The summed E-state index contributed by atoms with van der Waals surface area (Å²) in [6.07, 6.45) is 1.53. The first-order chi connectivity index (χ1) is 12.1. The van der Waals surface area contributed by atoms with Crippen molar-refractivity contribution in [1.82, 2.24) is 4.98 Å². The molecule has 0 unspecified atom stereocenters. The fourth-order valence-electron chi connectivity index (χ4n) is 2.37. The van der Waals surface area contributed by atoms with Gasteiger partial charge in [0.15, 0.2) is 0 Å². The summed E-state index contributed by atoms with van der Waals surface area (Å²) in [5.74, 6) is 0.224. The number of nitrogens with one attached hydrogen (secondary N) is 1. The number of hydrogen-bond donors (Lipinski definition) is 2. The normalized spacial score (nSPS) is 10.3. The molecule has 5 nitrogen and oxygen atoms in total. The number of anilines is 2. The largest absolute Gasteiger partial charge is 0.481 e. The molecular weight excluding hydrogens is 338 g/mol. The minimum absolute atomic E-state index is 0.256. The second-order valence-corrected chi connectivity index (χ2v) is 5.77. The van der Waals surface area contributed by atoms with Gasteiger partial charge in [-0.3, -0.25) is 4.79 Å². The topological polar surface area (TPSA) is 77.2 Å². The molecule has 25 heavy (non-hydrogen) atoms. The Hall–Kier alpha value is -3.05. The number of methoxy groups -OCH3 is 1. The lowest BCUT2D eigenvalue weighted by Gasteiger charge is -2.10. The van der Waals surface area contributed by atoms with Gasteiger partial charge in [0, 0.05) is 27.9 Å². The van der Waals surface area contributed by atoms with E-state index in [4.69, 9.17) is 22.1 Å². The van der Waals surface area contributed by atoms with Gasteiger partial charge in [-0.05, 0) is 42.0 Å². The highest BCUT2D eigenvalue weighted by Gasteiger charge is 2.11. The molecule has 3 N–H and O–H groups in total. The van der Waals surface area contributed by atoms with Gasteiger partial charge in [-0.15, -0.1) is 0 Å². The van der Waals surface area contributed by atoms with Gasteiger partial charge in [-0.2, -0.15) is 0 Å². The number of amides is 1. The highest BCUT2D eigenvalue weighted by atomic mass is 35.5. The Kier molecular flexibility index (Phi) is 4.86. The number of aromatic nitrogens is 1. The number of halogens is 1. The van der Waals surface area contributed by atoms with E-state index in [0.717, 1.165) is 11.1 Å². The second-order valence-electron chi connectivity index (χ2n) is 5.36. The molecule has 0 atom stereocenters. The Morgan fingerprint density at radius 1 is 1.16 bits per heavy atom. The molecule has 0 saturated carbocycles. The number of pyridine rings is 1. The van der Waals surface area contributed by atoms with Gasteiger partial charge >= 0.3 is 0 Å². The minimum Gasteiger partial charge on any atom is -0.481 e. The zero-order valence-corrected chi connectivity index (χ0v) is 14.2. The highest BCUT2D eigenvalue weighted by molar-refractivity contribution is 6.33. The Bertz CT molecular complexity index is 911. The van der Waals surface area contributed by atoms with Gasteiger partial charge in [0.05, 0.1) is 19.0 Å². The molecule has 0 bridgehead atoms. The Morgan fingerprint density at radius 3 is 2.68 bits per heavy atom. The zero-order chi connectivity index (χ0) is 17.8. The van der Waals surface area contributed by atoms with E-state index in [1.54, 1.807) is 36.4 Å². The van der Waals surface area contributed by atoms with Crippen molar-refractivity contribution < 1.29 is 9.53 Å². The third-order valence-electron chi connectivity index (χ3n) is 3.63. The summed E-state index contributed by atoms with van der Waals surface area (Å²) in [7, 11) is 1.53. The van der Waals surface area contributed by atoms with Crippen LogP contribution in [0.15, 0.2) is 60.8 Å². The lowest BCUT2D eigenvalue weighted by Crippen LogP contribution is -2.12. The lowest BCUT2D eigenvalue weighted by atomic mass is 10.0. The van der Waals surface area contributed by atoms with Gasteiger partial charge in [0.2, 0.25) is 5.88 Å². The summed E-state index contributed by atoms with van der Waals surface area (Å²) in [5, 5.41) is 3.34. The average molecular weight is 354 g/mol. The van der Waals surface area contributed by atoms with E-state index in [9.17, 15) is 4.79 Å². The second kappa shape index (κ2) is 7.23. The van der Waals surface area contributed by atoms with Crippen LogP contribution in [0.1, 0.15) is 10.4 Å². The van der Waals surface area contributed by atoms with Crippen LogP contribution in [0, 0.1) is 0 Å². The Labute approximate surface area is 150 Å². The van der Waals surface area contributed by atoms with E-state index < -0.39 is 0 Å². The smallest absolute Gasteiger partial charge is 0.255 e. The van der Waals surface area contributed by atoms with Crippen molar-refractivity contribution >= 4 is 28.9 Å². The fraction of sp³-hybridized carbons (Fsp3) is 0.0526. The summed E-state index contributed by atoms with van der Waals surface area (Å²) in [4.78, 5) is 16.6. The highest BCUT2D eigenvalue weighted by Crippen LogP contribution is 2.30. The molecule has 0 spiro atoms. The van der Waals surface area contributed by atoms with Crippen LogP contribution in [0.4, 0.5) is 11.4 Å². The Balaban J connectivity index is 1.86. The monoisotopic (exact) mass is 353 g/mol. The molecule has 3 rings (SSSR count). The maximum atomic E-state index is 12.5. The molecule has 6 heteroatoms. The van der Waals surface area contributed by atoms with Crippen LogP contribution in [0.25, 0.3) is 11.1 Å². The van der Waals surface area contributed by atoms with Crippen LogP contribution in [0.5, 0.6) is 5.88 Å². The van der Waals surface area contributed by atoms with Gasteiger partial charge in [0.1, 0.15) is 0 Å². The van der Waals surface area contributed by atoms with Crippen molar-refractivity contribution in [2.75, 3.05) is 18.2 Å². The SMILES string of the molecule is COc1ccc(NC(=O)c2ccc(Cl)c(-c3cccc(N)c3)c2)cn1. The van der Waals surface area contributed by atoms with Crippen LogP contribution >= 0.6 is 11.6 Å². The molecule has 1 heterocycles. The molecule has 0 aliphatic rings. The average Bonchev–Trinajstić information content (AvgIpc) is 2.62. The van der Waals surface area contributed by atoms with Gasteiger partial charge < -0.3 is 15.8 Å². The number of rotatable bonds is 4. The van der Waals surface area contributed by atoms with Gasteiger partial charge in [0.25, 0.3) is 5.91 Å². The molecule has 1 aromatic heterocycles. The van der Waals surface area contributed by atoms with E-state index in [-0.39, 0.29) is 5.91 Å². The number of nitrogen functional groups attached to an aromatic ring is 1. The maximum Gasteiger partial charge on any atom is 0.255 e. The minimum atomic E-state index is -0.256. The standard InChI is InChI=1S/C19H16ClN3O2/c1-25-18-8-6-15(11-22-18)23-19(24)13-5-7-17(20)16(10-13)12-3-2-4-14(21)9-12/h2-11H,21H2,1H3,(H,23,24). The summed E-state index contributed by atoms with van der Waals surface area (Å²) in [5.41, 5.74) is 9.12. The number of ether oxygens (including phenoxy) is 1. The molecule has 0 fully saturated rings. The van der Waals surface area contributed by atoms with E-state index in [0.29, 0.717) is 27.8 Å². The third-order valence-corrected chi connectivity index (χ3v) is 3.96. The van der Waals surface area contributed by atoms with Crippen LogP contribution in [-0.4, -0.2) is 18.0 Å². The number of nitrogens with zero attached hydrogens (tertiary/aromatic N) is 1. The van der Waals surface area contributed by atoms with Gasteiger partial charge in [-0.25, -0.2) is 4.98 Å². The molecule has 3 aromatic rings. The van der Waals surface area contributed by atoms with Gasteiger partial charge in [-0.1, -0.05) is 23.7 Å². The first kappa shape index (κ1) is 16.8. The van der Waals surface area contributed by atoms with Crippen molar-refractivity contribution in [3.05, 3.63) is 71.4 Å². The van der Waals surface area contributed by atoms with E-state index in [2.05, 4.69) is 10.3 Å². The molecular formula is C19H16ClN3O2. The molecule has 2 aromatic carbocycles. The molecule has 0 radical (unpaired) electrons. The number of nitrogens with two attached hydrogens (primary N) is 1. The number of carbonyl (C=O) groups is 1. The number of carbonyl (C=O) groups excluding carboxylic acids is 1. The molecule has 0 aliphatic heterocycles. The van der Waals surface area contributed by atoms with Crippen LogP contribution in [0.2, 0.25) is 5.02 Å². The van der Waals surface area contributed by atoms with Crippen LogP contribution < -0.4 is 15.8 Å². The van der Waals surface area contributed by atoms with Crippen molar-refractivity contribution in [1.29, 1.82) is 0 Å². The van der Waals surface area contributed by atoms with Crippen LogP contribution in [0.3, 0.4) is 0 Å².